The highest BCUT2D eigenvalue weighted by Crippen LogP contribution is 2.44. The molecule has 1 heterocycles. The van der Waals surface area contributed by atoms with Crippen LogP contribution in [0.2, 0.25) is 0 Å². The molecule has 0 aromatic rings. The van der Waals surface area contributed by atoms with Crippen LogP contribution in [0.3, 0.4) is 0 Å². The summed E-state index contributed by atoms with van der Waals surface area (Å²) in [7, 11) is 0. The molecule has 1 atom stereocenters. The van der Waals surface area contributed by atoms with E-state index in [9.17, 15) is 4.79 Å². The Morgan fingerprint density at radius 1 is 1.33 bits per heavy atom. The number of rotatable bonds is 3. The summed E-state index contributed by atoms with van der Waals surface area (Å²) < 4.78 is 0. The van der Waals surface area contributed by atoms with Gasteiger partial charge in [-0.25, -0.2) is 0 Å². The van der Waals surface area contributed by atoms with Gasteiger partial charge < -0.3 is 10.6 Å². The van der Waals surface area contributed by atoms with Crippen molar-refractivity contribution >= 4 is 5.91 Å². The minimum absolute atomic E-state index is 0.0149. The van der Waals surface area contributed by atoms with Crippen molar-refractivity contribution in [1.82, 2.24) is 4.90 Å². The van der Waals surface area contributed by atoms with E-state index in [0.29, 0.717) is 17.7 Å². The minimum atomic E-state index is -0.0149. The van der Waals surface area contributed by atoms with Gasteiger partial charge in [0.25, 0.3) is 0 Å². The number of hydrogen-bond donors (Lipinski definition) is 1. The maximum absolute atomic E-state index is 12.0. The summed E-state index contributed by atoms with van der Waals surface area (Å²) in [6.45, 7) is 3.70. The molecule has 0 bridgehead atoms. The van der Waals surface area contributed by atoms with E-state index in [1.54, 1.807) is 0 Å². The van der Waals surface area contributed by atoms with Crippen molar-refractivity contribution in [1.29, 1.82) is 0 Å². The van der Waals surface area contributed by atoms with Crippen molar-refractivity contribution in [2.24, 2.45) is 23.5 Å². The zero-order valence-corrected chi connectivity index (χ0v) is 9.41. The Morgan fingerprint density at radius 2 is 1.93 bits per heavy atom. The molecule has 2 saturated carbocycles. The van der Waals surface area contributed by atoms with Crippen molar-refractivity contribution < 1.29 is 4.79 Å². The van der Waals surface area contributed by atoms with Gasteiger partial charge >= 0.3 is 0 Å². The molecule has 0 spiro atoms. The van der Waals surface area contributed by atoms with E-state index in [1.807, 2.05) is 4.90 Å². The van der Waals surface area contributed by atoms with E-state index in [4.69, 9.17) is 5.73 Å². The number of hydrogen-bond acceptors (Lipinski definition) is 2. The Hall–Kier alpha value is -0.570. The minimum Gasteiger partial charge on any atom is -0.339 e. The Bertz CT molecular complexity index is 288. The van der Waals surface area contributed by atoms with Gasteiger partial charge in [0.05, 0.1) is 5.54 Å². The maximum Gasteiger partial charge on any atom is 0.225 e. The fraction of sp³-hybridized carbons (Fsp3) is 0.917. The lowest BCUT2D eigenvalue weighted by atomic mass is 9.84. The molecular formula is C12H20N2O. The predicted molar refractivity (Wildman–Crippen MR) is 58.1 cm³/mol. The first-order chi connectivity index (χ1) is 7.10. The standard InChI is InChI=1S/C12H20N2O/c1-8(9-2-3-9)11(15)14-6-12(13,7-14)10-4-5-10/h8-10H,2-7,13H2,1H3. The molecule has 0 aromatic carbocycles. The monoisotopic (exact) mass is 208 g/mol. The lowest BCUT2D eigenvalue weighted by Gasteiger charge is -2.49. The Morgan fingerprint density at radius 3 is 2.40 bits per heavy atom. The Labute approximate surface area is 91.0 Å². The highest BCUT2D eigenvalue weighted by Gasteiger charge is 2.52. The molecule has 1 aliphatic heterocycles. The number of nitrogens with zero attached hydrogens (tertiary/aromatic N) is 1. The summed E-state index contributed by atoms with van der Waals surface area (Å²) in [5.74, 6) is 1.97. The lowest BCUT2D eigenvalue weighted by Crippen LogP contribution is -2.70. The van der Waals surface area contributed by atoms with Crippen LogP contribution in [0.5, 0.6) is 0 Å². The van der Waals surface area contributed by atoms with Crippen LogP contribution >= 0.6 is 0 Å². The SMILES string of the molecule is CC(C(=O)N1CC(N)(C2CC2)C1)C1CC1. The van der Waals surface area contributed by atoms with Gasteiger partial charge in [-0.2, -0.15) is 0 Å². The van der Waals surface area contributed by atoms with Gasteiger partial charge in [-0.15, -0.1) is 0 Å². The quantitative estimate of drug-likeness (QED) is 0.751. The van der Waals surface area contributed by atoms with Gasteiger partial charge in [-0.1, -0.05) is 6.92 Å². The number of amides is 1. The van der Waals surface area contributed by atoms with Crippen LogP contribution in [-0.2, 0) is 4.79 Å². The van der Waals surface area contributed by atoms with Crippen molar-refractivity contribution in [2.45, 2.75) is 38.1 Å². The summed E-state index contributed by atoms with van der Waals surface area (Å²) in [5.41, 5.74) is 6.22. The molecular weight excluding hydrogens is 188 g/mol. The van der Waals surface area contributed by atoms with E-state index < -0.39 is 0 Å². The van der Waals surface area contributed by atoms with Crippen LogP contribution in [0.15, 0.2) is 0 Å². The molecule has 2 N–H and O–H groups in total. The van der Waals surface area contributed by atoms with Gasteiger partial charge in [0.2, 0.25) is 5.91 Å². The molecule has 3 rings (SSSR count). The molecule has 1 unspecified atom stereocenters. The molecule has 0 aromatic heterocycles. The molecule has 3 aliphatic rings. The van der Waals surface area contributed by atoms with Crippen LogP contribution in [0, 0.1) is 17.8 Å². The second kappa shape index (κ2) is 2.97. The third kappa shape index (κ3) is 1.57. The van der Waals surface area contributed by atoms with E-state index in [2.05, 4.69) is 6.92 Å². The molecule has 3 heteroatoms. The molecule has 15 heavy (non-hydrogen) atoms. The van der Waals surface area contributed by atoms with E-state index in [1.165, 1.54) is 25.7 Å². The largest absolute Gasteiger partial charge is 0.339 e. The smallest absolute Gasteiger partial charge is 0.225 e. The third-order valence-electron chi connectivity index (χ3n) is 4.39. The highest BCUT2D eigenvalue weighted by atomic mass is 16.2. The molecule has 1 amide bonds. The number of nitrogens with two attached hydrogens (primary N) is 1. The molecule has 1 saturated heterocycles. The lowest BCUT2D eigenvalue weighted by molar-refractivity contribution is -0.144. The molecule has 3 nitrogen and oxygen atoms in total. The van der Waals surface area contributed by atoms with Crippen LogP contribution in [0.1, 0.15) is 32.6 Å². The molecule has 0 radical (unpaired) electrons. The molecule has 84 valence electrons. The van der Waals surface area contributed by atoms with Gasteiger partial charge in [0.1, 0.15) is 0 Å². The highest BCUT2D eigenvalue weighted by molar-refractivity contribution is 5.80. The predicted octanol–water partition coefficient (Wildman–Crippen LogP) is 0.982. The maximum atomic E-state index is 12.0. The Kier molecular flexibility index (Phi) is 1.91. The van der Waals surface area contributed by atoms with Gasteiger partial charge in [-0.3, -0.25) is 4.79 Å². The first-order valence-electron chi connectivity index (χ1n) is 6.18. The van der Waals surface area contributed by atoms with Crippen molar-refractivity contribution in [3.63, 3.8) is 0 Å². The number of likely N-dealkylation sites (tertiary alicyclic amines) is 1. The zero-order valence-electron chi connectivity index (χ0n) is 9.41. The fourth-order valence-electron chi connectivity index (χ4n) is 2.82. The van der Waals surface area contributed by atoms with Crippen molar-refractivity contribution in [3.05, 3.63) is 0 Å². The van der Waals surface area contributed by atoms with Crippen LogP contribution in [0.25, 0.3) is 0 Å². The van der Waals surface area contributed by atoms with Crippen LogP contribution in [-0.4, -0.2) is 29.4 Å². The normalized spacial score (nSPS) is 30.9. The van der Waals surface area contributed by atoms with Gasteiger partial charge in [0.15, 0.2) is 0 Å². The second-order valence-electron chi connectivity index (χ2n) is 5.83. The number of carbonyl (C=O) groups excluding carboxylic acids is 1. The van der Waals surface area contributed by atoms with E-state index in [-0.39, 0.29) is 11.5 Å². The van der Waals surface area contributed by atoms with Gasteiger partial charge in [0, 0.05) is 19.0 Å². The summed E-state index contributed by atoms with van der Waals surface area (Å²) in [6, 6.07) is 0. The van der Waals surface area contributed by atoms with E-state index >= 15 is 0 Å². The first-order valence-corrected chi connectivity index (χ1v) is 6.18. The topological polar surface area (TPSA) is 46.3 Å². The summed E-state index contributed by atoms with van der Waals surface area (Å²) in [4.78, 5) is 14.0. The van der Waals surface area contributed by atoms with Gasteiger partial charge in [-0.05, 0) is 37.5 Å². The Balaban J connectivity index is 1.55. The molecule has 3 fully saturated rings. The first kappa shape index (κ1) is 9.64. The number of carbonyl (C=O) groups is 1. The fourth-order valence-corrected chi connectivity index (χ4v) is 2.82. The average Bonchev–Trinajstić information content (AvgIpc) is 3.03. The zero-order chi connectivity index (χ0) is 10.6. The van der Waals surface area contributed by atoms with Crippen molar-refractivity contribution in [3.8, 4) is 0 Å². The average molecular weight is 208 g/mol. The van der Waals surface area contributed by atoms with Crippen molar-refractivity contribution in [2.75, 3.05) is 13.1 Å². The summed E-state index contributed by atoms with van der Waals surface area (Å²) in [6.07, 6.45) is 5.04. The second-order valence-corrected chi connectivity index (χ2v) is 5.83. The summed E-state index contributed by atoms with van der Waals surface area (Å²) >= 11 is 0. The van der Waals surface area contributed by atoms with Crippen LogP contribution < -0.4 is 5.73 Å². The molecule has 2 aliphatic carbocycles. The third-order valence-corrected chi connectivity index (χ3v) is 4.39. The summed E-state index contributed by atoms with van der Waals surface area (Å²) in [5, 5.41) is 0. The van der Waals surface area contributed by atoms with Crippen LogP contribution in [0.4, 0.5) is 0 Å². The van der Waals surface area contributed by atoms with E-state index in [0.717, 1.165) is 13.1 Å².